The van der Waals surface area contributed by atoms with Gasteiger partial charge in [0.15, 0.2) is 0 Å². The van der Waals surface area contributed by atoms with Gasteiger partial charge in [0.05, 0.1) is 19.2 Å². The molecular weight excluding hydrogens is 212 g/mol. The number of nitriles is 1. The number of aliphatic hydroxyl groups excluding tert-OH is 1. The lowest BCUT2D eigenvalue weighted by molar-refractivity contribution is 0.113. The Kier molecular flexibility index (Phi) is 4.13. The summed E-state index contributed by atoms with van der Waals surface area (Å²) in [7, 11) is 0. The molecule has 3 heteroatoms. The highest BCUT2D eigenvalue weighted by Gasteiger charge is 2.34. The molecule has 1 aliphatic rings. The molecule has 1 aromatic rings. The van der Waals surface area contributed by atoms with E-state index in [1.807, 2.05) is 18.2 Å². The fraction of sp³-hybridized carbons (Fsp3) is 0.500. The number of hydrogen-bond acceptors (Lipinski definition) is 3. The molecule has 1 fully saturated rings. The van der Waals surface area contributed by atoms with Crippen LogP contribution in [0.3, 0.4) is 0 Å². The van der Waals surface area contributed by atoms with Gasteiger partial charge in [-0.15, -0.1) is 0 Å². The van der Waals surface area contributed by atoms with Gasteiger partial charge in [-0.05, 0) is 24.3 Å². The molecule has 0 aromatic heterocycles. The maximum Gasteiger partial charge on any atom is 0.0872 e. The lowest BCUT2D eigenvalue weighted by Gasteiger charge is -2.28. The summed E-state index contributed by atoms with van der Waals surface area (Å²) < 4.78 is 0. The summed E-state index contributed by atoms with van der Waals surface area (Å²) in [5.74, 6) is 0.581. The largest absolute Gasteiger partial charge is 0.395 e. The third kappa shape index (κ3) is 3.29. The summed E-state index contributed by atoms with van der Waals surface area (Å²) in [5.41, 5.74) is 1.20. The van der Waals surface area contributed by atoms with Crippen LogP contribution in [0.5, 0.6) is 0 Å². The first-order valence-electron chi connectivity index (χ1n) is 6.11. The van der Waals surface area contributed by atoms with Crippen LogP contribution in [0.15, 0.2) is 30.3 Å². The van der Waals surface area contributed by atoms with Crippen molar-refractivity contribution in [3.05, 3.63) is 35.9 Å². The first-order chi connectivity index (χ1) is 8.35. The quantitative estimate of drug-likeness (QED) is 0.758. The fourth-order valence-electron chi connectivity index (χ4n) is 2.24. The Morgan fingerprint density at radius 2 is 2.06 bits per heavy atom. The molecule has 1 atom stereocenters. The van der Waals surface area contributed by atoms with Crippen molar-refractivity contribution in [3.8, 4) is 6.07 Å². The van der Waals surface area contributed by atoms with Gasteiger partial charge in [-0.2, -0.15) is 5.26 Å². The van der Waals surface area contributed by atoms with E-state index in [0.29, 0.717) is 12.5 Å². The summed E-state index contributed by atoms with van der Waals surface area (Å²) in [6.07, 6.45) is 2.36. The Balaban J connectivity index is 2.03. The predicted molar refractivity (Wildman–Crippen MR) is 66.1 cm³/mol. The van der Waals surface area contributed by atoms with E-state index in [2.05, 4.69) is 23.1 Å². The normalized spacial score (nSPS) is 16.8. The average molecular weight is 230 g/mol. The molecule has 1 saturated carbocycles. The van der Waals surface area contributed by atoms with Gasteiger partial charge >= 0.3 is 0 Å². The highest BCUT2D eigenvalue weighted by atomic mass is 16.3. The molecule has 0 amide bonds. The van der Waals surface area contributed by atoms with Gasteiger partial charge in [0, 0.05) is 12.6 Å². The summed E-state index contributed by atoms with van der Waals surface area (Å²) in [6.45, 7) is 1.28. The zero-order chi connectivity index (χ0) is 12.1. The Hall–Kier alpha value is -1.37. The number of nitrogens with zero attached hydrogens (tertiary/aromatic N) is 2. The van der Waals surface area contributed by atoms with Crippen LogP contribution in [0.2, 0.25) is 0 Å². The molecule has 3 nitrogen and oxygen atoms in total. The van der Waals surface area contributed by atoms with E-state index in [1.165, 1.54) is 18.4 Å². The molecule has 0 heterocycles. The van der Waals surface area contributed by atoms with Crippen molar-refractivity contribution in [1.29, 1.82) is 5.26 Å². The molecule has 1 N–H and O–H groups in total. The Morgan fingerprint density at radius 1 is 1.35 bits per heavy atom. The van der Waals surface area contributed by atoms with Crippen LogP contribution in [-0.2, 0) is 6.54 Å². The lowest BCUT2D eigenvalue weighted by Crippen LogP contribution is -2.39. The van der Waals surface area contributed by atoms with Crippen molar-refractivity contribution >= 4 is 0 Å². The van der Waals surface area contributed by atoms with Crippen LogP contribution in [0.25, 0.3) is 0 Å². The highest BCUT2D eigenvalue weighted by Crippen LogP contribution is 2.35. The van der Waals surface area contributed by atoms with Crippen LogP contribution in [0.1, 0.15) is 18.4 Å². The van der Waals surface area contributed by atoms with Gasteiger partial charge in [0.25, 0.3) is 0 Å². The maximum absolute atomic E-state index is 9.46. The van der Waals surface area contributed by atoms with Crippen molar-refractivity contribution in [1.82, 2.24) is 4.90 Å². The van der Waals surface area contributed by atoms with Crippen LogP contribution in [0, 0.1) is 17.2 Å². The summed E-state index contributed by atoms with van der Waals surface area (Å²) in [4.78, 5) is 2.09. The van der Waals surface area contributed by atoms with E-state index in [-0.39, 0.29) is 12.6 Å². The lowest BCUT2D eigenvalue weighted by atomic mass is 10.1. The molecule has 0 bridgehead atoms. The smallest absolute Gasteiger partial charge is 0.0872 e. The number of benzene rings is 1. The second-order valence-electron chi connectivity index (χ2n) is 4.64. The summed E-state index contributed by atoms with van der Waals surface area (Å²) in [5, 5.41) is 18.3. The van der Waals surface area contributed by atoms with Crippen molar-refractivity contribution < 1.29 is 5.11 Å². The van der Waals surface area contributed by atoms with Crippen LogP contribution in [0.4, 0.5) is 0 Å². The standard InChI is InChI=1S/C14H18N2O/c15-8-9-16(14(11-17)13-6-7-13)10-12-4-2-1-3-5-12/h1-5,13-14,17H,6-7,9-11H2. The molecule has 0 aliphatic heterocycles. The molecule has 17 heavy (non-hydrogen) atoms. The fourth-order valence-corrected chi connectivity index (χ4v) is 2.24. The maximum atomic E-state index is 9.46. The predicted octanol–water partition coefficient (Wildman–Crippen LogP) is 1.78. The monoisotopic (exact) mass is 230 g/mol. The average Bonchev–Trinajstić information content (AvgIpc) is 3.16. The zero-order valence-electron chi connectivity index (χ0n) is 9.92. The topological polar surface area (TPSA) is 47.3 Å². The van der Waals surface area contributed by atoms with E-state index in [1.54, 1.807) is 0 Å². The van der Waals surface area contributed by atoms with Crippen LogP contribution < -0.4 is 0 Å². The third-order valence-corrected chi connectivity index (χ3v) is 3.32. The Bertz CT molecular complexity index is 381. The Morgan fingerprint density at radius 3 is 2.59 bits per heavy atom. The minimum absolute atomic E-state index is 0.148. The molecule has 1 aromatic carbocycles. The van der Waals surface area contributed by atoms with Crippen LogP contribution in [-0.4, -0.2) is 29.2 Å². The van der Waals surface area contributed by atoms with Gasteiger partial charge in [-0.3, -0.25) is 4.90 Å². The van der Waals surface area contributed by atoms with Crippen molar-refractivity contribution in [2.75, 3.05) is 13.2 Å². The van der Waals surface area contributed by atoms with Crippen molar-refractivity contribution in [3.63, 3.8) is 0 Å². The third-order valence-electron chi connectivity index (χ3n) is 3.32. The molecule has 0 spiro atoms. The van der Waals surface area contributed by atoms with Gasteiger partial charge in [-0.1, -0.05) is 30.3 Å². The highest BCUT2D eigenvalue weighted by molar-refractivity contribution is 5.15. The molecule has 2 rings (SSSR count). The molecular formula is C14H18N2O. The van der Waals surface area contributed by atoms with E-state index in [0.717, 1.165) is 6.54 Å². The zero-order valence-corrected chi connectivity index (χ0v) is 9.92. The van der Waals surface area contributed by atoms with Crippen molar-refractivity contribution in [2.45, 2.75) is 25.4 Å². The molecule has 1 unspecified atom stereocenters. The first-order valence-corrected chi connectivity index (χ1v) is 6.11. The van der Waals surface area contributed by atoms with E-state index in [9.17, 15) is 5.11 Å². The van der Waals surface area contributed by atoms with E-state index >= 15 is 0 Å². The first kappa shape index (κ1) is 12.1. The van der Waals surface area contributed by atoms with Crippen molar-refractivity contribution in [2.24, 2.45) is 5.92 Å². The SMILES string of the molecule is N#CCN(Cc1ccccc1)C(CO)C1CC1. The second-order valence-corrected chi connectivity index (χ2v) is 4.64. The minimum Gasteiger partial charge on any atom is -0.395 e. The Labute approximate surface area is 102 Å². The number of aliphatic hydroxyl groups is 1. The molecule has 0 saturated heterocycles. The number of hydrogen-bond donors (Lipinski definition) is 1. The summed E-state index contributed by atoms with van der Waals surface area (Å²) >= 11 is 0. The van der Waals surface area contributed by atoms with E-state index in [4.69, 9.17) is 5.26 Å². The van der Waals surface area contributed by atoms with E-state index < -0.39 is 0 Å². The molecule has 0 radical (unpaired) electrons. The minimum atomic E-state index is 0.148. The number of rotatable bonds is 6. The van der Waals surface area contributed by atoms with Gasteiger partial charge < -0.3 is 5.11 Å². The van der Waals surface area contributed by atoms with Gasteiger partial charge in [0.2, 0.25) is 0 Å². The van der Waals surface area contributed by atoms with Gasteiger partial charge in [-0.25, -0.2) is 0 Å². The molecule has 1 aliphatic carbocycles. The van der Waals surface area contributed by atoms with Gasteiger partial charge in [0.1, 0.15) is 0 Å². The second kappa shape index (κ2) is 5.81. The molecule has 90 valence electrons. The summed E-state index contributed by atoms with van der Waals surface area (Å²) in [6, 6.07) is 12.5. The van der Waals surface area contributed by atoms with Crippen LogP contribution >= 0.6 is 0 Å².